The third-order valence-electron chi connectivity index (χ3n) is 2.75. The normalized spacial score (nSPS) is 12.0. The first-order valence-corrected chi connectivity index (χ1v) is 7.86. The van der Waals surface area contributed by atoms with Gasteiger partial charge in [-0.3, -0.25) is 4.79 Å². The molecule has 118 valence electrons. The molecule has 0 radical (unpaired) electrons. The molecule has 0 unspecified atom stereocenters. The number of ether oxygens (including phenoxy) is 2. The zero-order valence-electron chi connectivity index (χ0n) is 13.0. The van der Waals surface area contributed by atoms with E-state index in [4.69, 9.17) is 9.47 Å². The zero-order valence-corrected chi connectivity index (χ0v) is 13.8. The number of thiophene rings is 1. The van der Waals surface area contributed by atoms with Crippen LogP contribution >= 0.6 is 11.3 Å². The highest BCUT2D eigenvalue weighted by molar-refractivity contribution is 7.10. The highest BCUT2D eigenvalue weighted by Gasteiger charge is 2.19. The van der Waals surface area contributed by atoms with Crippen molar-refractivity contribution in [1.82, 2.24) is 4.90 Å². The minimum atomic E-state index is -0.351. The molecule has 0 N–H and O–H groups in total. The maximum absolute atomic E-state index is 11.8. The molecule has 0 bridgehead atoms. The SMILES string of the molecule is CC(=O)O[C@@H](CCN(C)C(=O)OCC(C)C)c1cccs1. The molecule has 5 nitrogen and oxygen atoms in total. The van der Waals surface area contributed by atoms with Gasteiger partial charge < -0.3 is 14.4 Å². The maximum Gasteiger partial charge on any atom is 0.409 e. The van der Waals surface area contributed by atoms with Gasteiger partial charge >= 0.3 is 12.1 Å². The number of rotatable bonds is 7. The van der Waals surface area contributed by atoms with E-state index >= 15 is 0 Å². The van der Waals surface area contributed by atoms with Crippen molar-refractivity contribution in [2.24, 2.45) is 5.92 Å². The minimum absolute atomic E-state index is 0.308. The smallest absolute Gasteiger partial charge is 0.409 e. The van der Waals surface area contributed by atoms with E-state index in [1.165, 1.54) is 23.2 Å². The number of amides is 1. The van der Waals surface area contributed by atoms with Crippen LogP contribution in [-0.4, -0.2) is 37.2 Å². The Balaban J connectivity index is 2.49. The van der Waals surface area contributed by atoms with Crippen molar-refractivity contribution in [2.45, 2.75) is 33.3 Å². The van der Waals surface area contributed by atoms with E-state index in [-0.39, 0.29) is 18.2 Å². The van der Waals surface area contributed by atoms with Gasteiger partial charge in [0, 0.05) is 31.8 Å². The fourth-order valence-corrected chi connectivity index (χ4v) is 2.47. The van der Waals surface area contributed by atoms with E-state index in [1.54, 1.807) is 7.05 Å². The van der Waals surface area contributed by atoms with Gasteiger partial charge in [-0.15, -0.1) is 11.3 Å². The van der Waals surface area contributed by atoms with Crippen LogP contribution in [0.15, 0.2) is 17.5 Å². The maximum atomic E-state index is 11.8. The van der Waals surface area contributed by atoms with Crippen molar-refractivity contribution in [3.05, 3.63) is 22.4 Å². The Bertz CT molecular complexity index is 445. The van der Waals surface area contributed by atoms with Gasteiger partial charge in [0.2, 0.25) is 0 Å². The summed E-state index contributed by atoms with van der Waals surface area (Å²) in [6.45, 7) is 6.23. The highest BCUT2D eigenvalue weighted by Crippen LogP contribution is 2.26. The van der Waals surface area contributed by atoms with Gasteiger partial charge in [0.15, 0.2) is 0 Å². The summed E-state index contributed by atoms with van der Waals surface area (Å²) in [7, 11) is 1.68. The lowest BCUT2D eigenvalue weighted by Gasteiger charge is -2.21. The Morgan fingerprint density at radius 3 is 2.62 bits per heavy atom. The van der Waals surface area contributed by atoms with Gasteiger partial charge in [-0.2, -0.15) is 0 Å². The van der Waals surface area contributed by atoms with E-state index in [2.05, 4.69) is 0 Å². The Morgan fingerprint density at radius 1 is 1.38 bits per heavy atom. The van der Waals surface area contributed by atoms with Gasteiger partial charge in [0.1, 0.15) is 6.10 Å². The number of carbonyl (C=O) groups is 2. The van der Waals surface area contributed by atoms with Gasteiger partial charge in [-0.05, 0) is 17.4 Å². The van der Waals surface area contributed by atoms with E-state index in [0.717, 1.165) is 4.88 Å². The van der Waals surface area contributed by atoms with Crippen LogP contribution in [0.2, 0.25) is 0 Å². The van der Waals surface area contributed by atoms with Crippen LogP contribution in [0, 0.1) is 5.92 Å². The van der Waals surface area contributed by atoms with Crippen molar-refractivity contribution >= 4 is 23.4 Å². The number of carbonyl (C=O) groups excluding carboxylic acids is 2. The molecule has 0 aliphatic rings. The van der Waals surface area contributed by atoms with Crippen LogP contribution in [-0.2, 0) is 14.3 Å². The van der Waals surface area contributed by atoms with Crippen LogP contribution in [0.5, 0.6) is 0 Å². The molecule has 0 aliphatic carbocycles. The highest BCUT2D eigenvalue weighted by atomic mass is 32.1. The molecule has 1 aromatic heterocycles. The molecule has 1 amide bonds. The number of hydrogen-bond acceptors (Lipinski definition) is 5. The van der Waals surface area contributed by atoms with Crippen LogP contribution in [0.4, 0.5) is 4.79 Å². The lowest BCUT2D eigenvalue weighted by molar-refractivity contribution is -0.147. The molecular formula is C15H23NO4S. The molecule has 0 saturated carbocycles. The second kappa shape index (κ2) is 8.67. The number of esters is 1. The lowest BCUT2D eigenvalue weighted by atomic mass is 10.2. The molecule has 1 aromatic rings. The largest absolute Gasteiger partial charge is 0.457 e. The van der Waals surface area contributed by atoms with E-state index in [1.807, 2.05) is 31.4 Å². The Hall–Kier alpha value is -1.56. The predicted octanol–water partition coefficient (Wildman–Crippen LogP) is 3.47. The molecule has 0 spiro atoms. The van der Waals surface area contributed by atoms with Crippen LogP contribution in [0.25, 0.3) is 0 Å². The van der Waals surface area contributed by atoms with Crippen molar-refractivity contribution in [3.8, 4) is 0 Å². The summed E-state index contributed by atoms with van der Waals surface area (Å²) in [6, 6.07) is 3.84. The fraction of sp³-hybridized carbons (Fsp3) is 0.600. The zero-order chi connectivity index (χ0) is 15.8. The average molecular weight is 313 g/mol. The molecule has 21 heavy (non-hydrogen) atoms. The van der Waals surface area contributed by atoms with E-state index < -0.39 is 0 Å². The first-order valence-electron chi connectivity index (χ1n) is 6.98. The van der Waals surface area contributed by atoms with Crippen LogP contribution in [0.3, 0.4) is 0 Å². The standard InChI is InChI=1S/C15H23NO4S/c1-11(2)10-19-15(18)16(4)8-7-13(20-12(3)17)14-6-5-9-21-14/h5-6,9,11,13H,7-8,10H2,1-4H3/t13-/m0/s1. The summed E-state index contributed by atoms with van der Waals surface area (Å²) < 4.78 is 10.5. The van der Waals surface area contributed by atoms with Crippen molar-refractivity contribution in [2.75, 3.05) is 20.2 Å². The van der Waals surface area contributed by atoms with Gasteiger partial charge in [-0.1, -0.05) is 19.9 Å². The molecule has 1 rings (SSSR count). The number of nitrogens with zero attached hydrogens (tertiary/aromatic N) is 1. The Kier molecular flexibility index (Phi) is 7.22. The summed E-state index contributed by atoms with van der Waals surface area (Å²) in [5, 5.41) is 1.94. The van der Waals surface area contributed by atoms with E-state index in [9.17, 15) is 9.59 Å². The molecule has 0 aliphatic heterocycles. The Morgan fingerprint density at radius 2 is 2.10 bits per heavy atom. The van der Waals surface area contributed by atoms with Crippen molar-refractivity contribution < 1.29 is 19.1 Å². The average Bonchev–Trinajstić information content (AvgIpc) is 2.93. The molecule has 1 heterocycles. The quantitative estimate of drug-likeness (QED) is 0.723. The first kappa shape index (κ1) is 17.5. The summed E-state index contributed by atoms with van der Waals surface area (Å²) in [5.41, 5.74) is 0. The van der Waals surface area contributed by atoms with Gasteiger partial charge in [0.25, 0.3) is 0 Å². The van der Waals surface area contributed by atoms with Crippen LogP contribution in [0.1, 0.15) is 38.2 Å². The Labute approximate surface area is 129 Å². The molecule has 0 fully saturated rings. The number of hydrogen-bond donors (Lipinski definition) is 0. The molecule has 6 heteroatoms. The monoisotopic (exact) mass is 313 g/mol. The molecule has 0 aromatic carbocycles. The third kappa shape index (κ3) is 6.62. The molecular weight excluding hydrogens is 290 g/mol. The fourth-order valence-electron chi connectivity index (χ4n) is 1.68. The minimum Gasteiger partial charge on any atom is -0.457 e. The summed E-state index contributed by atoms with van der Waals surface area (Å²) in [5.74, 6) is -0.0132. The lowest BCUT2D eigenvalue weighted by Crippen LogP contribution is -2.30. The summed E-state index contributed by atoms with van der Waals surface area (Å²) in [6.07, 6.45) is -0.118. The topological polar surface area (TPSA) is 55.8 Å². The second-order valence-corrected chi connectivity index (χ2v) is 6.27. The van der Waals surface area contributed by atoms with Crippen LogP contribution < -0.4 is 0 Å². The molecule has 0 saturated heterocycles. The van der Waals surface area contributed by atoms with Crippen molar-refractivity contribution in [3.63, 3.8) is 0 Å². The molecule has 1 atom stereocenters. The first-order chi connectivity index (χ1) is 9.90. The summed E-state index contributed by atoms with van der Waals surface area (Å²) >= 11 is 1.54. The summed E-state index contributed by atoms with van der Waals surface area (Å²) in [4.78, 5) is 25.4. The van der Waals surface area contributed by atoms with E-state index in [0.29, 0.717) is 25.5 Å². The third-order valence-corrected chi connectivity index (χ3v) is 3.71. The van der Waals surface area contributed by atoms with Gasteiger partial charge in [0.05, 0.1) is 6.61 Å². The second-order valence-electron chi connectivity index (χ2n) is 5.29. The predicted molar refractivity (Wildman–Crippen MR) is 82.3 cm³/mol. The van der Waals surface area contributed by atoms with Gasteiger partial charge in [-0.25, -0.2) is 4.79 Å². The van der Waals surface area contributed by atoms with Crippen molar-refractivity contribution in [1.29, 1.82) is 0 Å².